The van der Waals surface area contributed by atoms with Crippen LogP contribution < -0.4 is 0 Å². The molecule has 16 heavy (non-hydrogen) atoms. The maximum atomic E-state index is 13.2. The number of terminal acetylenes is 1. The van der Waals surface area contributed by atoms with Gasteiger partial charge >= 0.3 is 0 Å². The molecule has 1 rings (SSSR count). The van der Waals surface area contributed by atoms with E-state index in [9.17, 15) is 13.6 Å². The summed E-state index contributed by atoms with van der Waals surface area (Å²) < 4.78 is 25.8. The van der Waals surface area contributed by atoms with Crippen molar-refractivity contribution in [3.8, 4) is 12.3 Å². The summed E-state index contributed by atoms with van der Waals surface area (Å²) in [6.07, 6.45) is 6.52. The number of Topliss-reactive ketones (excluding diaryl/α,β-unsaturated/α-hetero) is 1. The molecule has 0 aliphatic heterocycles. The van der Waals surface area contributed by atoms with Crippen LogP contribution in [0.5, 0.6) is 0 Å². The molecule has 0 bridgehead atoms. The highest BCUT2D eigenvalue weighted by Crippen LogP contribution is 2.11. The zero-order valence-corrected chi connectivity index (χ0v) is 8.80. The van der Waals surface area contributed by atoms with E-state index in [-0.39, 0.29) is 17.8 Å². The zero-order valence-electron chi connectivity index (χ0n) is 8.80. The van der Waals surface area contributed by atoms with Crippen molar-refractivity contribution in [2.45, 2.75) is 25.7 Å². The summed E-state index contributed by atoms with van der Waals surface area (Å²) in [5.74, 6) is 1.03. The molecule has 84 valence electrons. The second-order valence-corrected chi connectivity index (χ2v) is 3.51. The minimum atomic E-state index is -0.676. The zero-order chi connectivity index (χ0) is 12.0. The fourth-order valence-corrected chi connectivity index (χ4v) is 1.35. The van der Waals surface area contributed by atoms with Crippen LogP contribution in [-0.2, 0) is 11.2 Å². The number of hydrogen-bond acceptors (Lipinski definition) is 1. The minimum Gasteiger partial charge on any atom is -0.299 e. The van der Waals surface area contributed by atoms with Crippen molar-refractivity contribution < 1.29 is 13.6 Å². The van der Waals surface area contributed by atoms with Gasteiger partial charge < -0.3 is 0 Å². The number of hydrogen-bond donors (Lipinski definition) is 0. The Morgan fingerprint density at radius 2 is 2.12 bits per heavy atom. The molecule has 0 aliphatic rings. The number of carbonyl (C=O) groups excluding carboxylic acids is 1. The maximum absolute atomic E-state index is 13.2. The van der Waals surface area contributed by atoms with Gasteiger partial charge in [-0.25, -0.2) is 8.78 Å². The molecule has 1 aromatic carbocycles. The van der Waals surface area contributed by atoms with E-state index in [1.54, 1.807) is 0 Å². The summed E-state index contributed by atoms with van der Waals surface area (Å²) in [4.78, 5) is 11.4. The molecular weight excluding hydrogens is 210 g/mol. The largest absolute Gasteiger partial charge is 0.299 e. The molecule has 0 saturated carbocycles. The third kappa shape index (κ3) is 3.82. The third-order valence-electron chi connectivity index (χ3n) is 2.18. The average molecular weight is 222 g/mol. The highest BCUT2D eigenvalue weighted by molar-refractivity contribution is 5.80. The monoisotopic (exact) mass is 222 g/mol. The van der Waals surface area contributed by atoms with Crippen molar-refractivity contribution in [1.29, 1.82) is 0 Å². The topological polar surface area (TPSA) is 17.1 Å². The van der Waals surface area contributed by atoms with Gasteiger partial charge in [-0.3, -0.25) is 4.79 Å². The van der Waals surface area contributed by atoms with Crippen LogP contribution in [0.25, 0.3) is 0 Å². The van der Waals surface area contributed by atoms with E-state index in [1.807, 2.05) is 0 Å². The van der Waals surface area contributed by atoms with Crippen molar-refractivity contribution in [1.82, 2.24) is 0 Å². The Balaban J connectivity index is 2.53. The molecular formula is C13H12F2O. The van der Waals surface area contributed by atoms with E-state index in [0.717, 1.165) is 12.1 Å². The van der Waals surface area contributed by atoms with Gasteiger partial charge in [-0.2, -0.15) is 0 Å². The lowest BCUT2D eigenvalue weighted by Gasteiger charge is -2.02. The SMILES string of the molecule is C#CCCCC(=O)Cc1ccc(F)cc1F. The fraction of sp³-hybridized carbons (Fsp3) is 0.308. The molecule has 1 nitrogen and oxygen atoms in total. The summed E-state index contributed by atoms with van der Waals surface area (Å²) in [6.45, 7) is 0. The molecule has 3 heteroatoms. The highest BCUT2D eigenvalue weighted by Gasteiger charge is 2.08. The Bertz CT molecular complexity index is 418. The predicted molar refractivity (Wildman–Crippen MR) is 57.8 cm³/mol. The van der Waals surface area contributed by atoms with Gasteiger partial charge in [0.15, 0.2) is 0 Å². The van der Waals surface area contributed by atoms with Crippen LogP contribution in [0.4, 0.5) is 8.78 Å². The first-order valence-corrected chi connectivity index (χ1v) is 5.02. The smallest absolute Gasteiger partial charge is 0.137 e. The van der Waals surface area contributed by atoms with Crippen LogP contribution in [0, 0.1) is 24.0 Å². The van der Waals surface area contributed by atoms with E-state index < -0.39 is 11.6 Å². The van der Waals surface area contributed by atoms with Crippen LogP contribution in [0.15, 0.2) is 18.2 Å². The summed E-state index contributed by atoms with van der Waals surface area (Å²) in [7, 11) is 0. The lowest BCUT2D eigenvalue weighted by atomic mass is 10.0. The summed E-state index contributed by atoms with van der Waals surface area (Å²) >= 11 is 0. The highest BCUT2D eigenvalue weighted by atomic mass is 19.1. The van der Waals surface area contributed by atoms with Crippen LogP contribution in [0.2, 0.25) is 0 Å². The third-order valence-corrected chi connectivity index (χ3v) is 2.18. The first kappa shape index (κ1) is 12.4. The molecule has 0 heterocycles. The Morgan fingerprint density at radius 1 is 1.38 bits per heavy atom. The van der Waals surface area contributed by atoms with Gasteiger partial charge in [0.1, 0.15) is 17.4 Å². The Hall–Kier alpha value is -1.69. The van der Waals surface area contributed by atoms with E-state index in [0.29, 0.717) is 19.3 Å². The van der Waals surface area contributed by atoms with Crippen molar-refractivity contribution in [2.75, 3.05) is 0 Å². The van der Waals surface area contributed by atoms with Crippen LogP contribution in [0.1, 0.15) is 24.8 Å². The fourth-order valence-electron chi connectivity index (χ4n) is 1.35. The lowest BCUT2D eigenvalue weighted by Crippen LogP contribution is -2.04. The Morgan fingerprint density at radius 3 is 2.75 bits per heavy atom. The lowest BCUT2D eigenvalue weighted by molar-refractivity contribution is -0.118. The molecule has 0 aliphatic carbocycles. The minimum absolute atomic E-state index is 0.00329. The van der Waals surface area contributed by atoms with E-state index in [4.69, 9.17) is 6.42 Å². The van der Waals surface area contributed by atoms with Crippen molar-refractivity contribution >= 4 is 5.78 Å². The number of ketones is 1. The standard InChI is InChI=1S/C13H12F2O/c1-2-3-4-5-12(16)8-10-6-7-11(14)9-13(10)15/h1,6-7,9H,3-5,8H2. The number of unbranched alkanes of at least 4 members (excludes halogenated alkanes) is 1. The summed E-state index contributed by atoms with van der Waals surface area (Å²) in [5, 5.41) is 0. The number of rotatable bonds is 5. The molecule has 0 amide bonds. The second kappa shape index (κ2) is 6.02. The Labute approximate surface area is 93.5 Å². The molecule has 0 radical (unpaired) electrons. The summed E-state index contributed by atoms with van der Waals surface area (Å²) in [5.41, 5.74) is 0.229. The normalized spacial score (nSPS) is 9.81. The maximum Gasteiger partial charge on any atom is 0.137 e. The van der Waals surface area contributed by atoms with Crippen molar-refractivity contribution in [2.24, 2.45) is 0 Å². The first-order chi connectivity index (χ1) is 7.63. The average Bonchev–Trinajstić information content (AvgIpc) is 2.23. The van der Waals surface area contributed by atoms with Crippen molar-refractivity contribution in [3.63, 3.8) is 0 Å². The van der Waals surface area contributed by atoms with E-state index in [1.165, 1.54) is 6.07 Å². The predicted octanol–water partition coefficient (Wildman–Crippen LogP) is 2.88. The van der Waals surface area contributed by atoms with Crippen LogP contribution in [0.3, 0.4) is 0 Å². The van der Waals surface area contributed by atoms with Crippen molar-refractivity contribution in [3.05, 3.63) is 35.4 Å². The van der Waals surface area contributed by atoms with E-state index in [2.05, 4.69) is 5.92 Å². The van der Waals surface area contributed by atoms with Gasteiger partial charge in [-0.05, 0) is 18.1 Å². The summed E-state index contributed by atoms with van der Waals surface area (Å²) in [6, 6.07) is 3.22. The van der Waals surface area contributed by atoms with Gasteiger partial charge in [-0.15, -0.1) is 12.3 Å². The molecule has 0 saturated heterocycles. The molecule has 1 aromatic rings. The van der Waals surface area contributed by atoms with Crippen LogP contribution >= 0.6 is 0 Å². The Kier molecular flexibility index (Phi) is 4.65. The quantitative estimate of drug-likeness (QED) is 0.553. The number of benzene rings is 1. The second-order valence-electron chi connectivity index (χ2n) is 3.51. The number of carbonyl (C=O) groups is 1. The van der Waals surface area contributed by atoms with Gasteiger partial charge in [0.25, 0.3) is 0 Å². The molecule has 0 spiro atoms. The van der Waals surface area contributed by atoms with Gasteiger partial charge in [0.05, 0.1) is 0 Å². The first-order valence-electron chi connectivity index (χ1n) is 5.02. The molecule has 0 fully saturated rings. The van der Waals surface area contributed by atoms with Gasteiger partial charge in [-0.1, -0.05) is 6.07 Å². The van der Waals surface area contributed by atoms with Crippen LogP contribution in [-0.4, -0.2) is 5.78 Å². The van der Waals surface area contributed by atoms with Gasteiger partial charge in [0, 0.05) is 25.3 Å². The molecule has 0 N–H and O–H groups in total. The molecule has 0 unspecified atom stereocenters. The van der Waals surface area contributed by atoms with Gasteiger partial charge in [0.2, 0.25) is 0 Å². The molecule has 0 atom stereocenters. The van der Waals surface area contributed by atoms with E-state index >= 15 is 0 Å². The number of halogens is 2. The molecule has 0 aromatic heterocycles.